The molecule has 0 bridgehead atoms. The van der Waals surface area contributed by atoms with Crippen LogP contribution in [0.2, 0.25) is 0 Å². The molecule has 0 aliphatic carbocycles. The van der Waals surface area contributed by atoms with Crippen molar-refractivity contribution < 1.29 is 9.53 Å². The van der Waals surface area contributed by atoms with E-state index in [0.29, 0.717) is 18.2 Å². The first-order chi connectivity index (χ1) is 12.7. The van der Waals surface area contributed by atoms with E-state index in [2.05, 4.69) is 22.1 Å². The van der Waals surface area contributed by atoms with E-state index in [1.165, 1.54) is 11.8 Å². The van der Waals surface area contributed by atoms with E-state index in [9.17, 15) is 4.79 Å². The highest BCUT2D eigenvalue weighted by atomic mass is 32.2. The van der Waals surface area contributed by atoms with Crippen molar-refractivity contribution in [3.05, 3.63) is 78.4 Å². The van der Waals surface area contributed by atoms with Crippen LogP contribution in [0.5, 0.6) is 5.75 Å². The number of carbonyl (C=O) groups is 1. The summed E-state index contributed by atoms with van der Waals surface area (Å²) in [5.74, 6) is 0.743. The first kappa shape index (κ1) is 17.9. The summed E-state index contributed by atoms with van der Waals surface area (Å²) < 4.78 is 5.75. The molecule has 0 spiro atoms. The molecule has 0 unspecified atom stereocenters. The average Bonchev–Trinajstić information content (AvgIpc) is 3.02. The van der Waals surface area contributed by atoms with E-state index in [1.807, 2.05) is 54.6 Å². The predicted octanol–water partition coefficient (Wildman–Crippen LogP) is 3.76. The summed E-state index contributed by atoms with van der Waals surface area (Å²) in [5.41, 5.74) is 2.03. The Hall–Kier alpha value is -2.86. The van der Waals surface area contributed by atoms with E-state index < -0.39 is 0 Å². The molecule has 132 valence electrons. The van der Waals surface area contributed by atoms with Crippen LogP contribution in [0.4, 0.5) is 0 Å². The van der Waals surface area contributed by atoms with Crippen LogP contribution in [0.15, 0.2) is 77.5 Å². The summed E-state index contributed by atoms with van der Waals surface area (Å²) >= 11 is 1.37. The zero-order valence-corrected chi connectivity index (χ0v) is 15.0. The first-order valence-electron chi connectivity index (χ1n) is 8.21. The van der Waals surface area contributed by atoms with Gasteiger partial charge >= 0.3 is 0 Å². The number of allylic oxidation sites excluding steroid dienone is 1. The molecule has 1 atom stereocenters. The van der Waals surface area contributed by atoms with Crippen molar-refractivity contribution >= 4 is 29.1 Å². The topological polar surface area (TPSA) is 63.1 Å². The van der Waals surface area contributed by atoms with Crippen LogP contribution in [0.1, 0.15) is 17.5 Å². The van der Waals surface area contributed by atoms with E-state index in [4.69, 9.17) is 4.74 Å². The number of hydrogen-bond donors (Lipinski definition) is 1. The van der Waals surface area contributed by atoms with E-state index in [0.717, 1.165) is 16.9 Å². The molecular formula is C20H19N3O2S. The number of carbonyl (C=O) groups excluding carboxylic acids is 1. The van der Waals surface area contributed by atoms with Crippen molar-refractivity contribution in [1.82, 2.24) is 5.32 Å². The fourth-order valence-electron chi connectivity index (χ4n) is 2.30. The molecule has 1 aliphatic rings. The summed E-state index contributed by atoms with van der Waals surface area (Å²) in [5, 5.41) is 11.1. The van der Waals surface area contributed by atoms with Gasteiger partial charge in [0.2, 0.25) is 5.91 Å². The van der Waals surface area contributed by atoms with E-state index in [1.54, 1.807) is 12.3 Å². The number of nitrogens with one attached hydrogen (secondary N) is 1. The minimum atomic E-state index is -0.164. The maximum atomic E-state index is 11.7. The van der Waals surface area contributed by atoms with Gasteiger partial charge < -0.3 is 10.1 Å². The lowest BCUT2D eigenvalue weighted by Crippen LogP contribution is -2.24. The molecule has 1 N–H and O–H groups in total. The molecule has 26 heavy (non-hydrogen) atoms. The fraction of sp³-hybridized carbons (Fsp3) is 0.150. The minimum absolute atomic E-state index is 0.0521. The van der Waals surface area contributed by atoms with Crippen molar-refractivity contribution in [2.45, 2.75) is 18.3 Å². The van der Waals surface area contributed by atoms with Gasteiger partial charge in [0, 0.05) is 0 Å². The van der Waals surface area contributed by atoms with Crippen LogP contribution < -0.4 is 10.1 Å². The molecule has 3 rings (SSSR count). The molecule has 1 heterocycles. The lowest BCUT2D eigenvalue weighted by molar-refractivity contribution is -0.118. The molecule has 6 heteroatoms. The van der Waals surface area contributed by atoms with Crippen molar-refractivity contribution in [1.29, 1.82) is 0 Å². The predicted molar refractivity (Wildman–Crippen MR) is 107 cm³/mol. The maximum Gasteiger partial charge on any atom is 0.239 e. The largest absolute Gasteiger partial charge is 0.489 e. The molecule has 5 nitrogen and oxygen atoms in total. The Morgan fingerprint density at radius 1 is 1.15 bits per heavy atom. The summed E-state index contributed by atoms with van der Waals surface area (Å²) in [7, 11) is 0. The molecule has 1 fully saturated rings. The normalized spacial score (nSPS) is 18.2. The molecule has 1 aliphatic heterocycles. The molecule has 2 aromatic rings. The second-order valence-electron chi connectivity index (χ2n) is 5.61. The molecule has 0 saturated carbocycles. The molecule has 0 radical (unpaired) electrons. The third-order valence-electron chi connectivity index (χ3n) is 3.64. The summed E-state index contributed by atoms with van der Waals surface area (Å²) in [4.78, 5) is 11.7. The number of benzene rings is 2. The smallest absolute Gasteiger partial charge is 0.239 e. The van der Waals surface area contributed by atoms with E-state index in [-0.39, 0.29) is 11.2 Å². The van der Waals surface area contributed by atoms with Crippen molar-refractivity contribution in [2.75, 3.05) is 0 Å². The Labute approximate surface area is 156 Å². The van der Waals surface area contributed by atoms with Gasteiger partial charge in [-0.1, -0.05) is 48.2 Å². The minimum Gasteiger partial charge on any atom is -0.489 e. The average molecular weight is 365 g/mol. The summed E-state index contributed by atoms with van der Waals surface area (Å²) in [6.07, 6.45) is 3.98. The standard InChI is InChI=1S/C20H19N3O2S/c1-2-6-18-19(24)22-20(26-18)23-21-13-15-9-11-17(12-10-15)25-14-16-7-4-3-5-8-16/h2-5,7-13,18H,1,6,14H2,(H,22,23,24)/t18-/m0/s1. The van der Waals surface area contributed by atoms with Crippen molar-refractivity contribution in [3.63, 3.8) is 0 Å². The Morgan fingerprint density at radius 2 is 1.92 bits per heavy atom. The number of amides is 1. The molecular weight excluding hydrogens is 346 g/mol. The van der Waals surface area contributed by atoms with Crippen LogP contribution in [0.25, 0.3) is 0 Å². The van der Waals surface area contributed by atoms with Gasteiger partial charge in [0.05, 0.1) is 11.5 Å². The number of ether oxygens (including phenoxy) is 1. The van der Waals surface area contributed by atoms with Crippen LogP contribution in [0.3, 0.4) is 0 Å². The second kappa shape index (κ2) is 9.01. The maximum absolute atomic E-state index is 11.7. The summed E-state index contributed by atoms with van der Waals surface area (Å²) in [6.45, 7) is 4.18. The van der Waals surface area contributed by atoms with E-state index >= 15 is 0 Å². The lowest BCUT2D eigenvalue weighted by Gasteiger charge is -2.06. The third kappa shape index (κ3) is 5.07. The molecule has 1 amide bonds. The molecule has 2 aromatic carbocycles. The molecule has 1 saturated heterocycles. The van der Waals surface area contributed by atoms with Gasteiger partial charge in [0.15, 0.2) is 5.17 Å². The van der Waals surface area contributed by atoms with Gasteiger partial charge in [-0.2, -0.15) is 5.10 Å². The van der Waals surface area contributed by atoms with Gasteiger partial charge in [0.25, 0.3) is 0 Å². The highest BCUT2D eigenvalue weighted by Gasteiger charge is 2.28. The quantitative estimate of drug-likeness (QED) is 0.462. The van der Waals surface area contributed by atoms with Gasteiger partial charge in [0.1, 0.15) is 12.4 Å². The highest BCUT2D eigenvalue weighted by Crippen LogP contribution is 2.22. The second-order valence-corrected chi connectivity index (χ2v) is 6.80. The number of amidine groups is 1. The van der Waals surface area contributed by atoms with Crippen LogP contribution in [0, 0.1) is 0 Å². The Kier molecular flexibility index (Phi) is 6.22. The Balaban J connectivity index is 1.52. The first-order valence-corrected chi connectivity index (χ1v) is 9.09. The lowest BCUT2D eigenvalue weighted by atomic mass is 10.2. The van der Waals surface area contributed by atoms with Crippen LogP contribution >= 0.6 is 11.8 Å². The van der Waals surface area contributed by atoms with Gasteiger partial charge in [-0.05, 0) is 41.8 Å². The van der Waals surface area contributed by atoms with Gasteiger partial charge in [-0.3, -0.25) is 4.79 Å². The fourth-order valence-corrected chi connectivity index (χ4v) is 3.22. The van der Waals surface area contributed by atoms with Gasteiger partial charge in [-0.25, -0.2) is 0 Å². The van der Waals surface area contributed by atoms with Gasteiger partial charge in [-0.15, -0.1) is 11.7 Å². The summed E-state index contributed by atoms with van der Waals surface area (Å²) in [6, 6.07) is 17.6. The monoisotopic (exact) mass is 365 g/mol. The third-order valence-corrected chi connectivity index (χ3v) is 4.74. The van der Waals surface area contributed by atoms with Crippen molar-refractivity contribution in [2.24, 2.45) is 10.2 Å². The zero-order valence-electron chi connectivity index (χ0n) is 14.2. The number of hydrogen-bond acceptors (Lipinski definition) is 5. The van der Waals surface area contributed by atoms with Crippen LogP contribution in [-0.4, -0.2) is 22.5 Å². The Morgan fingerprint density at radius 3 is 2.65 bits per heavy atom. The van der Waals surface area contributed by atoms with Crippen LogP contribution in [-0.2, 0) is 11.4 Å². The highest BCUT2D eigenvalue weighted by molar-refractivity contribution is 8.15. The van der Waals surface area contributed by atoms with Crippen molar-refractivity contribution in [3.8, 4) is 5.75 Å². The number of rotatable bonds is 7. The Bertz CT molecular complexity index is 817. The zero-order chi connectivity index (χ0) is 18.2. The molecule has 0 aromatic heterocycles. The number of nitrogens with zero attached hydrogens (tertiary/aromatic N) is 2. The SMILES string of the molecule is C=CC[C@@H]1S/C(=N/N=Cc2ccc(OCc3ccccc3)cc2)NC1=O. The number of thioether (sulfide) groups is 1.